The number of fused-ring (bicyclic) bond motifs is 5. The van der Waals surface area contributed by atoms with Gasteiger partial charge in [-0.05, 0) is 100 Å². The number of anilines is 1. The molecule has 3 fully saturated rings. The van der Waals surface area contributed by atoms with Crippen LogP contribution in [0.1, 0.15) is 90.3 Å². The molecule has 3 saturated carbocycles. The number of benzene rings is 1. The third-order valence-corrected chi connectivity index (χ3v) is 11.2. The first-order valence-electron chi connectivity index (χ1n) is 13.9. The minimum atomic E-state index is -0.414. The van der Waals surface area contributed by atoms with E-state index in [4.69, 9.17) is 22.1 Å². The first-order chi connectivity index (χ1) is 17.6. The van der Waals surface area contributed by atoms with Crippen molar-refractivity contribution in [1.29, 1.82) is 0 Å². The topological polar surface area (TPSA) is 56.1 Å². The first-order valence-corrected chi connectivity index (χ1v) is 14.3. The maximum absolute atomic E-state index is 14.3. The molecule has 6 rings (SSSR count). The second-order valence-corrected chi connectivity index (χ2v) is 13.2. The van der Waals surface area contributed by atoms with Crippen molar-refractivity contribution in [3.05, 3.63) is 47.5 Å². The molecule has 1 heterocycles. The zero-order valence-corrected chi connectivity index (χ0v) is 23.2. The van der Waals surface area contributed by atoms with E-state index in [2.05, 4.69) is 32.3 Å². The van der Waals surface area contributed by atoms with Gasteiger partial charge in [0.1, 0.15) is 5.82 Å². The summed E-state index contributed by atoms with van der Waals surface area (Å²) in [7, 11) is 0. The van der Waals surface area contributed by atoms with Crippen LogP contribution in [0.4, 0.5) is 10.1 Å². The smallest absolute Gasteiger partial charge is 0.312 e. The zero-order chi connectivity index (χ0) is 26.2. The van der Waals surface area contributed by atoms with Crippen molar-refractivity contribution in [2.75, 3.05) is 11.9 Å². The molecule has 1 N–H and O–H groups in total. The number of hydrogen-bond donors (Lipinski definition) is 1. The van der Waals surface area contributed by atoms with Gasteiger partial charge in [0.05, 0.1) is 23.4 Å². The Morgan fingerprint density at radius 1 is 1.16 bits per heavy atom. The van der Waals surface area contributed by atoms with E-state index in [0.29, 0.717) is 29.2 Å². The summed E-state index contributed by atoms with van der Waals surface area (Å²) < 4.78 is 21.7. The van der Waals surface area contributed by atoms with Gasteiger partial charge in [-0.25, -0.2) is 9.07 Å². The molecule has 1 aromatic carbocycles. The lowest BCUT2D eigenvalue weighted by Crippen LogP contribution is -2.60. The van der Waals surface area contributed by atoms with Gasteiger partial charge in [-0.3, -0.25) is 4.79 Å². The average molecular weight is 524 g/mol. The fraction of sp³-hybridized carbons (Fsp3) is 0.633. The SMILES string of the molecule is CCOC(=O)[C@]1(C)CCC[C@@]2(C)[C@@H]3CC[C@@]4(C)C[C@]3(CC[C@@H]21)c1cn(C(=S)Nc2ccccc2F)nc14. The van der Waals surface area contributed by atoms with E-state index in [0.717, 1.165) is 51.4 Å². The fourth-order valence-electron chi connectivity index (χ4n) is 9.43. The van der Waals surface area contributed by atoms with Gasteiger partial charge < -0.3 is 10.1 Å². The molecule has 37 heavy (non-hydrogen) atoms. The Morgan fingerprint density at radius 2 is 1.92 bits per heavy atom. The van der Waals surface area contributed by atoms with Crippen molar-refractivity contribution >= 4 is 29.0 Å². The Hall–Kier alpha value is -2.28. The maximum atomic E-state index is 14.3. The summed E-state index contributed by atoms with van der Waals surface area (Å²) >= 11 is 5.69. The number of rotatable bonds is 3. The Kier molecular flexibility index (Phi) is 5.65. The van der Waals surface area contributed by atoms with E-state index in [-0.39, 0.29) is 28.0 Å². The Morgan fingerprint density at radius 3 is 2.68 bits per heavy atom. The van der Waals surface area contributed by atoms with Crippen molar-refractivity contribution in [1.82, 2.24) is 9.78 Å². The fourth-order valence-corrected chi connectivity index (χ4v) is 9.64. The molecular weight excluding hydrogens is 485 g/mol. The summed E-state index contributed by atoms with van der Waals surface area (Å²) in [5.41, 5.74) is 2.59. The van der Waals surface area contributed by atoms with Crippen LogP contribution in [-0.4, -0.2) is 27.5 Å². The molecule has 1 aromatic heterocycles. The molecule has 0 unspecified atom stereocenters. The number of carbonyl (C=O) groups is 1. The summed E-state index contributed by atoms with van der Waals surface area (Å²) in [6.45, 7) is 9.34. The summed E-state index contributed by atoms with van der Waals surface area (Å²) in [6, 6.07) is 6.58. The van der Waals surface area contributed by atoms with Gasteiger partial charge in [-0.1, -0.05) is 32.4 Å². The number of aromatic nitrogens is 2. The van der Waals surface area contributed by atoms with Gasteiger partial charge in [0.25, 0.3) is 0 Å². The highest BCUT2D eigenvalue weighted by atomic mass is 32.1. The monoisotopic (exact) mass is 523 g/mol. The van der Waals surface area contributed by atoms with E-state index in [9.17, 15) is 9.18 Å². The van der Waals surface area contributed by atoms with Crippen LogP contribution >= 0.6 is 12.2 Å². The molecular formula is C30H38FN3O2S. The maximum Gasteiger partial charge on any atom is 0.312 e. The predicted octanol–water partition coefficient (Wildman–Crippen LogP) is 6.75. The van der Waals surface area contributed by atoms with E-state index in [1.807, 2.05) is 6.92 Å². The van der Waals surface area contributed by atoms with Gasteiger partial charge >= 0.3 is 5.97 Å². The Balaban J connectivity index is 1.37. The Bertz CT molecular complexity index is 1280. The van der Waals surface area contributed by atoms with Crippen LogP contribution in [0, 0.1) is 28.5 Å². The third kappa shape index (κ3) is 3.41. The zero-order valence-electron chi connectivity index (χ0n) is 22.4. The van der Waals surface area contributed by atoms with Crippen molar-refractivity contribution in [3.63, 3.8) is 0 Å². The van der Waals surface area contributed by atoms with E-state index < -0.39 is 5.41 Å². The van der Waals surface area contributed by atoms with Crippen molar-refractivity contribution in [2.45, 2.75) is 89.9 Å². The molecule has 5 nitrogen and oxygen atoms in total. The Labute approximate surface area is 224 Å². The number of hydrogen-bond acceptors (Lipinski definition) is 4. The average Bonchev–Trinajstić information content (AvgIpc) is 3.38. The largest absolute Gasteiger partial charge is 0.466 e. The van der Waals surface area contributed by atoms with Gasteiger partial charge in [-0.2, -0.15) is 5.10 Å². The third-order valence-electron chi connectivity index (χ3n) is 10.9. The standard InChI is InChI=1S/C30H38FN3O2S/c1-5-36-25(35)29(4)14-8-13-28(3)22(29)12-16-30-18-27(2,15-11-23(28)30)24-19(30)17-34(33-24)26(37)32-21-10-7-6-9-20(21)31/h6-7,9-10,17,22-23H,5,8,11-16,18H2,1-4H3,(H,32,37)/t22-,23-,27-,28+,29+,30+/m0/s1. The normalized spacial score (nSPS) is 37.8. The molecule has 1 spiro atoms. The van der Waals surface area contributed by atoms with Crippen molar-refractivity contribution in [2.24, 2.45) is 22.7 Å². The molecule has 0 aliphatic heterocycles. The summed E-state index contributed by atoms with van der Waals surface area (Å²) in [5.74, 6) is 0.482. The van der Waals surface area contributed by atoms with E-state index in [1.54, 1.807) is 22.9 Å². The summed E-state index contributed by atoms with van der Waals surface area (Å²) in [4.78, 5) is 13.3. The van der Waals surface area contributed by atoms with Crippen LogP contribution in [0.2, 0.25) is 0 Å². The molecule has 4 aliphatic carbocycles. The molecule has 0 saturated heterocycles. The number of para-hydroxylation sites is 1. The molecule has 198 valence electrons. The van der Waals surface area contributed by atoms with E-state index in [1.165, 1.54) is 17.3 Å². The molecule has 4 aliphatic rings. The van der Waals surface area contributed by atoms with Crippen molar-refractivity contribution < 1.29 is 13.9 Å². The number of esters is 1. The highest BCUT2D eigenvalue weighted by Crippen LogP contribution is 2.72. The lowest BCUT2D eigenvalue weighted by Gasteiger charge is -2.64. The number of carbonyl (C=O) groups excluding carboxylic acids is 1. The number of thiocarbonyl (C=S) groups is 1. The van der Waals surface area contributed by atoms with Crippen LogP contribution in [0.3, 0.4) is 0 Å². The second kappa shape index (κ2) is 8.36. The van der Waals surface area contributed by atoms with Crippen LogP contribution < -0.4 is 5.32 Å². The number of ether oxygens (including phenoxy) is 1. The number of nitrogens with zero attached hydrogens (tertiary/aromatic N) is 2. The van der Waals surface area contributed by atoms with Crippen LogP contribution in [0.5, 0.6) is 0 Å². The molecule has 0 amide bonds. The van der Waals surface area contributed by atoms with Crippen molar-refractivity contribution in [3.8, 4) is 0 Å². The van der Waals surface area contributed by atoms with Crippen LogP contribution in [0.15, 0.2) is 30.5 Å². The second-order valence-electron chi connectivity index (χ2n) is 12.8. The molecule has 6 atom stereocenters. The minimum absolute atomic E-state index is 0.00739. The molecule has 7 heteroatoms. The minimum Gasteiger partial charge on any atom is -0.466 e. The van der Waals surface area contributed by atoms with Gasteiger partial charge in [0, 0.05) is 22.6 Å². The predicted molar refractivity (Wildman–Crippen MR) is 146 cm³/mol. The van der Waals surface area contributed by atoms with Gasteiger partial charge in [-0.15, -0.1) is 0 Å². The quantitative estimate of drug-likeness (QED) is 0.356. The number of halogens is 1. The number of nitrogens with one attached hydrogen (secondary N) is 1. The highest BCUT2D eigenvalue weighted by molar-refractivity contribution is 7.80. The van der Waals surface area contributed by atoms with E-state index >= 15 is 0 Å². The van der Waals surface area contributed by atoms with Gasteiger partial charge in [0.2, 0.25) is 0 Å². The molecule has 0 radical (unpaired) electrons. The lowest BCUT2D eigenvalue weighted by molar-refractivity contribution is -0.180. The lowest BCUT2D eigenvalue weighted by atomic mass is 9.40. The summed E-state index contributed by atoms with van der Waals surface area (Å²) in [6.07, 6.45) is 10.7. The first kappa shape index (κ1) is 25.0. The molecule has 2 aromatic rings. The highest BCUT2D eigenvalue weighted by Gasteiger charge is 2.68. The van der Waals surface area contributed by atoms with Gasteiger partial charge in [0.15, 0.2) is 5.11 Å². The van der Waals surface area contributed by atoms with Crippen LogP contribution in [-0.2, 0) is 20.4 Å². The summed E-state index contributed by atoms with van der Waals surface area (Å²) in [5, 5.41) is 8.49. The van der Waals surface area contributed by atoms with Crippen LogP contribution in [0.25, 0.3) is 0 Å². The molecule has 2 bridgehead atoms.